The Kier molecular flexibility index (Phi) is 3.43. The van der Waals surface area contributed by atoms with E-state index in [1.54, 1.807) is 29.7 Å². The second-order valence-electron chi connectivity index (χ2n) is 3.60. The number of ether oxygens (including phenoxy) is 1. The maximum Gasteiger partial charge on any atom is 0.264 e. The minimum Gasteiger partial charge on any atom is -0.481 e. The van der Waals surface area contributed by atoms with Gasteiger partial charge < -0.3 is 9.26 Å². The Labute approximate surface area is 117 Å². The molecule has 0 amide bonds. The number of pyridine rings is 1. The van der Waals surface area contributed by atoms with Crippen molar-refractivity contribution in [2.24, 2.45) is 0 Å². The fourth-order valence-corrected chi connectivity index (χ4v) is 2.25. The SMILES string of the molecule is Clc1ncccc1OCc1nc(-c2ccsc2)no1. The number of nitrogens with zero attached hydrogens (tertiary/aromatic N) is 3. The first-order valence-electron chi connectivity index (χ1n) is 5.41. The van der Waals surface area contributed by atoms with E-state index in [0.29, 0.717) is 22.6 Å². The number of aromatic nitrogens is 3. The molecule has 0 aliphatic carbocycles. The van der Waals surface area contributed by atoms with Gasteiger partial charge in [-0.15, -0.1) is 0 Å². The number of halogens is 1. The summed E-state index contributed by atoms with van der Waals surface area (Å²) in [7, 11) is 0. The molecule has 0 unspecified atom stereocenters. The lowest BCUT2D eigenvalue weighted by atomic mass is 10.3. The molecule has 0 aromatic carbocycles. The third kappa shape index (κ3) is 2.74. The van der Waals surface area contributed by atoms with Gasteiger partial charge in [0.2, 0.25) is 5.82 Å². The zero-order chi connectivity index (χ0) is 13.1. The molecule has 3 aromatic heterocycles. The van der Waals surface area contributed by atoms with Crippen LogP contribution in [0, 0.1) is 0 Å². The Balaban J connectivity index is 1.70. The molecule has 5 nitrogen and oxygen atoms in total. The third-order valence-electron chi connectivity index (χ3n) is 2.32. The Hall–Kier alpha value is -1.92. The number of hydrogen-bond acceptors (Lipinski definition) is 6. The molecule has 96 valence electrons. The van der Waals surface area contributed by atoms with Crippen molar-refractivity contribution in [2.75, 3.05) is 0 Å². The van der Waals surface area contributed by atoms with Gasteiger partial charge in [0, 0.05) is 17.1 Å². The summed E-state index contributed by atoms with van der Waals surface area (Å²) < 4.78 is 10.6. The second-order valence-corrected chi connectivity index (χ2v) is 4.74. The number of thiophene rings is 1. The molecule has 3 heterocycles. The van der Waals surface area contributed by atoms with Gasteiger partial charge in [0.25, 0.3) is 5.89 Å². The second kappa shape index (κ2) is 5.38. The standard InChI is InChI=1S/C12H8ClN3O2S/c13-11-9(2-1-4-14-11)17-6-10-15-12(16-18-10)8-3-5-19-7-8/h1-5,7H,6H2. The molecule has 19 heavy (non-hydrogen) atoms. The summed E-state index contributed by atoms with van der Waals surface area (Å²) in [6, 6.07) is 5.40. The molecule has 0 radical (unpaired) electrons. The first-order chi connectivity index (χ1) is 9.33. The van der Waals surface area contributed by atoms with Gasteiger partial charge in [0.05, 0.1) is 0 Å². The van der Waals surface area contributed by atoms with Gasteiger partial charge in [-0.1, -0.05) is 16.8 Å². The molecule has 0 saturated carbocycles. The van der Waals surface area contributed by atoms with E-state index >= 15 is 0 Å². The smallest absolute Gasteiger partial charge is 0.264 e. The lowest BCUT2D eigenvalue weighted by molar-refractivity contribution is 0.242. The Bertz CT molecular complexity index is 669. The summed E-state index contributed by atoms with van der Waals surface area (Å²) in [6.45, 7) is 0.155. The molecule has 3 aromatic rings. The molecule has 7 heteroatoms. The summed E-state index contributed by atoms with van der Waals surface area (Å²) in [6.07, 6.45) is 1.59. The van der Waals surface area contributed by atoms with E-state index in [4.69, 9.17) is 20.9 Å². The lowest BCUT2D eigenvalue weighted by Crippen LogP contribution is -1.96. The van der Waals surface area contributed by atoms with Crippen molar-refractivity contribution in [3.63, 3.8) is 0 Å². The molecule has 0 bridgehead atoms. The summed E-state index contributed by atoms with van der Waals surface area (Å²) in [5, 5.41) is 8.10. The van der Waals surface area contributed by atoms with Crippen LogP contribution in [0.3, 0.4) is 0 Å². The van der Waals surface area contributed by atoms with Crippen LogP contribution in [0.2, 0.25) is 5.15 Å². The van der Waals surface area contributed by atoms with Crippen LogP contribution in [0.25, 0.3) is 11.4 Å². The molecule has 0 N–H and O–H groups in total. The average molecular weight is 294 g/mol. The van der Waals surface area contributed by atoms with Crippen molar-refractivity contribution in [3.8, 4) is 17.1 Å². The molecule has 0 fully saturated rings. The lowest BCUT2D eigenvalue weighted by Gasteiger charge is -2.03. The van der Waals surface area contributed by atoms with Crippen molar-refractivity contribution in [1.29, 1.82) is 0 Å². The van der Waals surface area contributed by atoms with Crippen LogP contribution < -0.4 is 4.74 Å². The molecule has 0 saturated heterocycles. The fourth-order valence-electron chi connectivity index (χ4n) is 1.44. The van der Waals surface area contributed by atoms with Crippen LogP contribution in [0.15, 0.2) is 39.7 Å². The van der Waals surface area contributed by atoms with E-state index in [-0.39, 0.29) is 6.61 Å². The highest BCUT2D eigenvalue weighted by atomic mass is 35.5. The molecular formula is C12H8ClN3O2S. The number of hydrogen-bond donors (Lipinski definition) is 0. The van der Waals surface area contributed by atoms with Crippen molar-refractivity contribution in [3.05, 3.63) is 46.2 Å². The highest BCUT2D eigenvalue weighted by Crippen LogP contribution is 2.22. The monoisotopic (exact) mass is 293 g/mol. The molecule has 0 aliphatic rings. The van der Waals surface area contributed by atoms with Gasteiger partial charge >= 0.3 is 0 Å². The van der Waals surface area contributed by atoms with Gasteiger partial charge in [-0.2, -0.15) is 16.3 Å². The molecule has 3 rings (SSSR count). The average Bonchev–Trinajstić information content (AvgIpc) is 3.09. The van der Waals surface area contributed by atoms with Gasteiger partial charge in [-0.25, -0.2) is 4.98 Å². The largest absolute Gasteiger partial charge is 0.481 e. The molecular weight excluding hydrogens is 286 g/mol. The maximum atomic E-state index is 5.88. The van der Waals surface area contributed by atoms with E-state index in [9.17, 15) is 0 Å². The Morgan fingerprint density at radius 1 is 1.37 bits per heavy atom. The Morgan fingerprint density at radius 2 is 2.32 bits per heavy atom. The van der Waals surface area contributed by atoms with E-state index in [1.807, 2.05) is 16.8 Å². The highest BCUT2D eigenvalue weighted by Gasteiger charge is 2.10. The zero-order valence-corrected chi connectivity index (χ0v) is 11.2. The van der Waals surface area contributed by atoms with Crippen LogP contribution in [0.4, 0.5) is 0 Å². The van der Waals surface area contributed by atoms with Crippen LogP contribution in [-0.2, 0) is 6.61 Å². The molecule has 0 aliphatic heterocycles. The topological polar surface area (TPSA) is 61.0 Å². The minimum absolute atomic E-state index is 0.155. The normalized spacial score (nSPS) is 10.6. The van der Waals surface area contributed by atoms with Crippen LogP contribution >= 0.6 is 22.9 Å². The fraction of sp³-hybridized carbons (Fsp3) is 0.0833. The first kappa shape index (κ1) is 12.1. The van der Waals surface area contributed by atoms with Crippen LogP contribution in [-0.4, -0.2) is 15.1 Å². The van der Waals surface area contributed by atoms with Crippen LogP contribution in [0.5, 0.6) is 5.75 Å². The predicted octanol–water partition coefficient (Wildman–Crippen LogP) is 3.43. The summed E-state index contributed by atoms with van der Waals surface area (Å²) in [4.78, 5) is 8.15. The maximum absolute atomic E-state index is 5.88. The quantitative estimate of drug-likeness (QED) is 0.690. The predicted molar refractivity (Wildman–Crippen MR) is 71.2 cm³/mol. The number of rotatable bonds is 4. The van der Waals surface area contributed by atoms with Crippen molar-refractivity contribution in [1.82, 2.24) is 15.1 Å². The zero-order valence-electron chi connectivity index (χ0n) is 9.62. The van der Waals surface area contributed by atoms with E-state index < -0.39 is 0 Å². The Morgan fingerprint density at radius 3 is 3.11 bits per heavy atom. The van der Waals surface area contributed by atoms with Crippen LogP contribution in [0.1, 0.15) is 5.89 Å². The van der Waals surface area contributed by atoms with Gasteiger partial charge in [-0.05, 0) is 23.6 Å². The minimum atomic E-state index is 0.155. The van der Waals surface area contributed by atoms with Gasteiger partial charge in [0.15, 0.2) is 17.5 Å². The highest BCUT2D eigenvalue weighted by molar-refractivity contribution is 7.08. The first-order valence-corrected chi connectivity index (χ1v) is 6.73. The van der Waals surface area contributed by atoms with Crippen molar-refractivity contribution >= 4 is 22.9 Å². The van der Waals surface area contributed by atoms with Crippen molar-refractivity contribution in [2.45, 2.75) is 6.61 Å². The van der Waals surface area contributed by atoms with Gasteiger partial charge in [-0.3, -0.25) is 0 Å². The van der Waals surface area contributed by atoms with E-state index in [0.717, 1.165) is 5.56 Å². The molecule has 0 spiro atoms. The van der Waals surface area contributed by atoms with Crippen molar-refractivity contribution < 1.29 is 9.26 Å². The molecule has 0 atom stereocenters. The summed E-state index contributed by atoms with van der Waals surface area (Å²) in [5.41, 5.74) is 0.930. The third-order valence-corrected chi connectivity index (χ3v) is 3.29. The summed E-state index contributed by atoms with van der Waals surface area (Å²) in [5.74, 6) is 1.43. The van der Waals surface area contributed by atoms with E-state index in [2.05, 4.69) is 15.1 Å². The summed E-state index contributed by atoms with van der Waals surface area (Å²) >= 11 is 7.45. The van der Waals surface area contributed by atoms with Gasteiger partial charge in [0.1, 0.15) is 0 Å². The van der Waals surface area contributed by atoms with E-state index in [1.165, 1.54) is 0 Å².